The summed E-state index contributed by atoms with van der Waals surface area (Å²) in [6, 6.07) is 7.24. The van der Waals surface area contributed by atoms with Gasteiger partial charge in [-0.3, -0.25) is 4.79 Å². The van der Waals surface area contributed by atoms with Crippen LogP contribution in [0.2, 0.25) is 0 Å². The largest absolute Gasteiger partial charge is 0.341 e. The molecule has 0 unspecified atom stereocenters. The zero-order valence-electron chi connectivity index (χ0n) is 13.6. The summed E-state index contributed by atoms with van der Waals surface area (Å²) in [7, 11) is 0. The number of carbonyl (C=O) groups excluding carboxylic acids is 1. The second-order valence-electron chi connectivity index (χ2n) is 6.13. The Hall–Kier alpha value is -1.63. The third kappa shape index (κ3) is 4.06. The summed E-state index contributed by atoms with van der Waals surface area (Å²) in [5, 5.41) is 0.197. The number of halogens is 2. The maximum absolute atomic E-state index is 12.8. The van der Waals surface area contributed by atoms with Crippen molar-refractivity contribution in [2.45, 2.75) is 43.6 Å². The highest BCUT2D eigenvalue weighted by Gasteiger charge is 2.27. The van der Waals surface area contributed by atoms with Gasteiger partial charge in [-0.2, -0.15) is 8.78 Å². The summed E-state index contributed by atoms with van der Waals surface area (Å²) >= 11 is 0.392. The molecule has 24 heavy (non-hydrogen) atoms. The van der Waals surface area contributed by atoms with Crippen LogP contribution in [0.5, 0.6) is 0 Å². The van der Waals surface area contributed by atoms with Gasteiger partial charge in [-0.05, 0) is 49.1 Å². The van der Waals surface area contributed by atoms with E-state index in [1.807, 2.05) is 30.0 Å². The lowest BCUT2D eigenvalue weighted by Gasteiger charge is -2.23. The Balaban J connectivity index is 1.84. The van der Waals surface area contributed by atoms with Gasteiger partial charge in [0.15, 0.2) is 5.16 Å². The van der Waals surface area contributed by atoms with Gasteiger partial charge in [0.05, 0.1) is 11.0 Å². The first-order valence-corrected chi connectivity index (χ1v) is 9.14. The van der Waals surface area contributed by atoms with E-state index in [2.05, 4.69) is 4.98 Å². The van der Waals surface area contributed by atoms with Crippen LogP contribution in [0.25, 0.3) is 11.0 Å². The summed E-state index contributed by atoms with van der Waals surface area (Å²) in [6.07, 6.45) is 3.24. The quantitative estimate of drug-likeness (QED) is 0.673. The lowest BCUT2D eigenvalue weighted by molar-refractivity contribution is -0.132. The first-order chi connectivity index (χ1) is 11.6. The average Bonchev–Trinajstić information content (AvgIpc) is 3.30. The number of aromatic nitrogens is 2. The summed E-state index contributed by atoms with van der Waals surface area (Å²) in [4.78, 5) is 18.9. The number of nitrogens with zero attached hydrogens (tertiary/aromatic N) is 3. The number of rotatable bonds is 8. The molecule has 3 rings (SSSR count). The van der Waals surface area contributed by atoms with Crippen LogP contribution in [-0.2, 0) is 11.3 Å². The standard InChI is InChI=1S/C17H21F2N3OS/c1-2-9-21(10-12-7-8-12)15(23)11-22-14-6-4-3-5-13(14)20-17(22)24-16(18)19/h3-6,12,16H,2,7-11H2,1H3. The molecule has 0 N–H and O–H groups in total. The zero-order chi connectivity index (χ0) is 17.1. The molecule has 1 amide bonds. The lowest BCUT2D eigenvalue weighted by atomic mass is 10.3. The molecule has 0 aliphatic heterocycles. The van der Waals surface area contributed by atoms with Crippen molar-refractivity contribution in [1.82, 2.24) is 14.5 Å². The third-order valence-electron chi connectivity index (χ3n) is 4.13. The zero-order valence-corrected chi connectivity index (χ0v) is 14.4. The van der Waals surface area contributed by atoms with E-state index in [1.165, 1.54) is 12.8 Å². The van der Waals surface area contributed by atoms with Gasteiger partial charge in [0.2, 0.25) is 5.91 Å². The molecule has 1 saturated carbocycles. The number of benzene rings is 1. The third-order valence-corrected chi connectivity index (χ3v) is 4.83. The van der Waals surface area contributed by atoms with Gasteiger partial charge in [0, 0.05) is 13.1 Å². The number of amides is 1. The molecule has 0 bridgehead atoms. The van der Waals surface area contributed by atoms with Gasteiger partial charge >= 0.3 is 0 Å². The fraction of sp³-hybridized carbons (Fsp3) is 0.529. The summed E-state index contributed by atoms with van der Waals surface area (Å²) in [5.74, 6) is -1.98. The van der Waals surface area contributed by atoms with Crippen LogP contribution < -0.4 is 0 Å². The second kappa shape index (κ2) is 7.51. The van der Waals surface area contributed by atoms with E-state index in [1.54, 1.807) is 10.6 Å². The van der Waals surface area contributed by atoms with Crippen molar-refractivity contribution < 1.29 is 13.6 Å². The molecule has 1 aromatic carbocycles. The predicted octanol–water partition coefficient (Wildman–Crippen LogP) is 4.00. The minimum atomic E-state index is -2.56. The van der Waals surface area contributed by atoms with Crippen LogP contribution in [0.1, 0.15) is 26.2 Å². The number of fused-ring (bicyclic) bond motifs is 1. The topological polar surface area (TPSA) is 38.1 Å². The molecule has 1 aliphatic rings. The minimum Gasteiger partial charge on any atom is -0.341 e. The SMILES string of the molecule is CCCN(CC1CC1)C(=O)Cn1c(SC(F)F)nc2ccccc21. The number of hydrogen-bond acceptors (Lipinski definition) is 3. The Morgan fingerprint density at radius 3 is 2.83 bits per heavy atom. The van der Waals surface area contributed by atoms with Crippen LogP contribution in [0, 0.1) is 5.92 Å². The molecule has 7 heteroatoms. The fourth-order valence-electron chi connectivity index (χ4n) is 2.81. The molecule has 1 aliphatic carbocycles. The predicted molar refractivity (Wildman–Crippen MR) is 91.2 cm³/mol. The summed E-state index contributed by atoms with van der Waals surface area (Å²) in [5.41, 5.74) is 1.36. The maximum atomic E-state index is 12.8. The van der Waals surface area contributed by atoms with E-state index in [0.29, 0.717) is 29.7 Å². The molecule has 1 heterocycles. The van der Waals surface area contributed by atoms with Crippen molar-refractivity contribution in [3.05, 3.63) is 24.3 Å². The Labute approximate surface area is 144 Å². The first kappa shape index (κ1) is 17.2. The fourth-order valence-corrected chi connectivity index (χ4v) is 3.41. The Kier molecular flexibility index (Phi) is 5.38. The second-order valence-corrected chi connectivity index (χ2v) is 7.09. The number of hydrogen-bond donors (Lipinski definition) is 0. The van der Waals surface area contributed by atoms with Crippen molar-refractivity contribution >= 4 is 28.7 Å². The Morgan fingerprint density at radius 1 is 1.42 bits per heavy atom. The van der Waals surface area contributed by atoms with Gasteiger partial charge < -0.3 is 9.47 Å². The highest BCUT2D eigenvalue weighted by Crippen LogP contribution is 2.31. The molecular weight excluding hydrogens is 332 g/mol. The molecular formula is C17H21F2N3OS. The van der Waals surface area contributed by atoms with E-state index in [-0.39, 0.29) is 17.6 Å². The number of alkyl halides is 2. The molecule has 0 saturated heterocycles. The number of imidazole rings is 1. The Morgan fingerprint density at radius 2 is 2.17 bits per heavy atom. The minimum absolute atomic E-state index is 0.0250. The van der Waals surface area contributed by atoms with Crippen molar-refractivity contribution in [1.29, 1.82) is 0 Å². The van der Waals surface area contributed by atoms with E-state index in [9.17, 15) is 13.6 Å². The van der Waals surface area contributed by atoms with Crippen LogP contribution in [0.15, 0.2) is 29.4 Å². The van der Waals surface area contributed by atoms with E-state index < -0.39 is 5.76 Å². The van der Waals surface area contributed by atoms with Gasteiger partial charge in [0.25, 0.3) is 5.76 Å². The lowest BCUT2D eigenvalue weighted by Crippen LogP contribution is -2.36. The Bertz CT molecular complexity index is 715. The summed E-state index contributed by atoms with van der Waals surface area (Å²) < 4.78 is 27.3. The van der Waals surface area contributed by atoms with E-state index in [0.717, 1.165) is 18.5 Å². The van der Waals surface area contributed by atoms with Crippen LogP contribution in [-0.4, -0.2) is 39.2 Å². The highest BCUT2D eigenvalue weighted by atomic mass is 32.2. The molecule has 1 aromatic heterocycles. The molecule has 0 radical (unpaired) electrons. The van der Waals surface area contributed by atoms with Crippen LogP contribution in [0.4, 0.5) is 8.78 Å². The monoisotopic (exact) mass is 353 g/mol. The summed E-state index contributed by atoms with van der Waals surface area (Å²) in [6.45, 7) is 3.58. The van der Waals surface area contributed by atoms with Crippen LogP contribution in [0.3, 0.4) is 0 Å². The molecule has 130 valence electrons. The van der Waals surface area contributed by atoms with Gasteiger partial charge in [0.1, 0.15) is 6.54 Å². The highest BCUT2D eigenvalue weighted by molar-refractivity contribution is 7.99. The van der Waals surface area contributed by atoms with Crippen molar-refractivity contribution in [2.75, 3.05) is 13.1 Å². The number of thioether (sulfide) groups is 1. The molecule has 4 nitrogen and oxygen atoms in total. The average molecular weight is 353 g/mol. The smallest absolute Gasteiger partial charge is 0.291 e. The molecule has 0 spiro atoms. The van der Waals surface area contributed by atoms with E-state index >= 15 is 0 Å². The van der Waals surface area contributed by atoms with Gasteiger partial charge in [-0.25, -0.2) is 4.98 Å². The van der Waals surface area contributed by atoms with Gasteiger partial charge in [-0.15, -0.1) is 0 Å². The molecule has 1 fully saturated rings. The first-order valence-electron chi connectivity index (χ1n) is 8.26. The molecule has 2 aromatic rings. The van der Waals surface area contributed by atoms with Crippen molar-refractivity contribution in [3.63, 3.8) is 0 Å². The maximum Gasteiger partial charge on any atom is 0.291 e. The van der Waals surface area contributed by atoms with Gasteiger partial charge in [-0.1, -0.05) is 19.1 Å². The van der Waals surface area contributed by atoms with E-state index in [4.69, 9.17) is 0 Å². The normalized spacial score (nSPS) is 14.5. The number of para-hydroxylation sites is 2. The molecule has 0 atom stereocenters. The van der Waals surface area contributed by atoms with Crippen molar-refractivity contribution in [2.24, 2.45) is 5.92 Å². The number of carbonyl (C=O) groups is 1. The van der Waals surface area contributed by atoms with Crippen LogP contribution >= 0.6 is 11.8 Å². The van der Waals surface area contributed by atoms with Crippen molar-refractivity contribution in [3.8, 4) is 0 Å².